The minimum Gasteiger partial charge on any atom is -0.461 e. The van der Waals surface area contributed by atoms with Crippen LogP contribution in [-0.2, 0) is 13.0 Å². The molecule has 0 atom stereocenters. The van der Waals surface area contributed by atoms with E-state index >= 15 is 0 Å². The van der Waals surface area contributed by atoms with Gasteiger partial charge in [-0.15, -0.1) is 0 Å². The lowest BCUT2D eigenvalue weighted by Gasteiger charge is -1.95. The molecule has 0 unspecified atom stereocenters. The van der Waals surface area contributed by atoms with Gasteiger partial charge in [0.15, 0.2) is 0 Å². The fourth-order valence-corrected chi connectivity index (χ4v) is 1.64. The van der Waals surface area contributed by atoms with Gasteiger partial charge in [0.2, 0.25) is 0 Å². The third-order valence-corrected chi connectivity index (χ3v) is 2.45. The fourth-order valence-electron chi connectivity index (χ4n) is 1.64. The van der Waals surface area contributed by atoms with Gasteiger partial charge in [-0.3, -0.25) is 0 Å². The number of aliphatic hydroxyl groups is 1. The van der Waals surface area contributed by atoms with Crippen LogP contribution >= 0.6 is 0 Å². The number of aryl methyl sites for hydroxylation is 1. The fraction of sp³-hybridized carbons (Fsp3) is 0.231. The molecule has 0 aliphatic rings. The Bertz CT molecular complexity index is 408. The van der Waals surface area contributed by atoms with Crippen molar-refractivity contribution >= 4 is 0 Å². The van der Waals surface area contributed by atoms with Gasteiger partial charge in [-0.2, -0.15) is 0 Å². The van der Waals surface area contributed by atoms with Crippen molar-refractivity contribution in [1.29, 1.82) is 0 Å². The van der Waals surface area contributed by atoms with E-state index < -0.39 is 0 Å². The summed E-state index contributed by atoms with van der Waals surface area (Å²) in [6.07, 6.45) is 0.808. The number of furan rings is 1. The molecule has 2 heteroatoms. The van der Waals surface area contributed by atoms with Crippen molar-refractivity contribution in [2.24, 2.45) is 0 Å². The molecule has 2 nitrogen and oxygen atoms in total. The average Bonchev–Trinajstić information content (AvgIpc) is 2.73. The van der Waals surface area contributed by atoms with E-state index in [1.54, 1.807) is 0 Å². The van der Waals surface area contributed by atoms with Crippen LogP contribution in [-0.4, -0.2) is 5.11 Å². The van der Waals surface area contributed by atoms with Crippen LogP contribution in [0.1, 0.15) is 18.2 Å². The van der Waals surface area contributed by atoms with Crippen molar-refractivity contribution < 1.29 is 9.52 Å². The standard InChI is InChI=1S/C13H14O2/c1-2-12-11(9-14)8-13(15-12)10-6-4-3-5-7-10/h3-8,14H,2,9H2,1H3. The van der Waals surface area contributed by atoms with Gasteiger partial charge in [-0.05, 0) is 6.07 Å². The molecule has 15 heavy (non-hydrogen) atoms. The molecule has 0 saturated carbocycles. The summed E-state index contributed by atoms with van der Waals surface area (Å²) in [6.45, 7) is 2.06. The number of hydrogen-bond donors (Lipinski definition) is 1. The Balaban J connectivity index is 2.42. The highest BCUT2D eigenvalue weighted by atomic mass is 16.3. The van der Waals surface area contributed by atoms with Crippen molar-refractivity contribution in [3.05, 3.63) is 47.7 Å². The van der Waals surface area contributed by atoms with E-state index in [-0.39, 0.29) is 6.61 Å². The second-order valence-electron chi connectivity index (χ2n) is 3.44. The summed E-state index contributed by atoms with van der Waals surface area (Å²) in [5.74, 6) is 1.70. The zero-order valence-corrected chi connectivity index (χ0v) is 8.73. The van der Waals surface area contributed by atoms with Crippen LogP contribution in [0.3, 0.4) is 0 Å². The molecule has 78 valence electrons. The van der Waals surface area contributed by atoms with Crippen molar-refractivity contribution in [1.82, 2.24) is 0 Å². The van der Waals surface area contributed by atoms with Gasteiger partial charge in [0.05, 0.1) is 6.61 Å². The van der Waals surface area contributed by atoms with Crippen molar-refractivity contribution in [3.63, 3.8) is 0 Å². The van der Waals surface area contributed by atoms with Gasteiger partial charge in [-0.1, -0.05) is 37.3 Å². The molecule has 0 spiro atoms. The molecular weight excluding hydrogens is 188 g/mol. The molecule has 1 aromatic heterocycles. The molecule has 0 radical (unpaired) electrons. The van der Waals surface area contributed by atoms with Gasteiger partial charge >= 0.3 is 0 Å². The first-order chi connectivity index (χ1) is 7.35. The molecule has 0 bridgehead atoms. The first-order valence-electron chi connectivity index (χ1n) is 5.13. The lowest BCUT2D eigenvalue weighted by molar-refractivity contribution is 0.278. The normalized spacial score (nSPS) is 10.5. The van der Waals surface area contributed by atoms with E-state index in [1.807, 2.05) is 43.3 Å². The SMILES string of the molecule is CCc1oc(-c2ccccc2)cc1CO. The Morgan fingerprint density at radius 3 is 2.47 bits per heavy atom. The molecule has 0 aliphatic heterocycles. The highest BCUT2D eigenvalue weighted by molar-refractivity contribution is 5.58. The zero-order chi connectivity index (χ0) is 10.7. The lowest BCUT2D eigenvalue weighted by atomic mass is 10.1. The smallest absolute Gasteiger partial charge is 0.134 e. The van der Waals surface area contributed by atoms with Crippen LogP contribution in [0, 0.1) is 0 Å². The van der Waals surface area contributed by atoms with Crippen molar-refractivity contribution in [3.8, 4) is 11.3 Å². The zero-order valence-electron chi connectivity index (χ0n) is 8.73. The van der Waals surface area contributed by atoms with Crippen LogP contribution in [0.15, 0.2) is 40.8 Å². The van der Waals surface area contributed by atoms with Crippen molar-refractivity contribution in [2.45, 2.75) is 20.0 Å². The number of aliphatic hydroxyl groups excluding tert-OH is 1. The minimum absolute atomic E-state index is 0.0412. The summed E-state index contributed by atoms with van der Waals surface area (Å²) in [6, 6.07) is 11.8. The Kier molecular flexibility index (Phi) is 2.88. The average molecular weight is 202 g/mol. The molecule has 2 rings (SSSR count). The Morgan fingerprint density at radius 2 is 1.93 bits per heavy atom. The largest absolute Gasteiger partial charge is 0.461 e. The molecule has 0 fully saturated rings. The van der Waals surface area contributed by atoms with Crippen LogP contribution in [0.4, 0.5) is 0 Å². The van der Waals surface area contributed by atoms with Crippen molar-refractivity contribution in [2.75, 3.05) is 0 Å². The molecule has 0 amide bonds. The van der Waals surface area contributed by atoms with E-state index in [0.717, 1.165) is 29.1 Å². The van der Waals surface area contributed by atoms with E-state index in [9.17, 15) is 0 Å². The van der Waals surface area contributed by atoms with Crippen LogP contribution in [0.5, 0.6) is 0 Å². The van der Waals surface area contributed by atoms with Crippen LogP contribution < -0.4 is 0 Å². The molecule has 2 aromatic rings. The number of hydrogen-bond acceptors (Lipinski definition) is 2. The second-order valence-corrected chi connectivity index (χ2v) is 3.44. The first kappa shape index (κ1) is 9.99. The first-order valence-corrected chi connectivity index (χ1v) is 5.13. The maximum atomic E-state index is 9.15. The van der Waals surface area contributed by atoms with E-state index in [4.69, 9.17) is 9.52 Å². The number of rotatable bonds is 3. The van der Waals surface area contributed by atoms with Gasteiger partial charge in [0, 0.05) is 17.5 Å². The Hall–Kier alpha value is -1.54. The monoisotopic (exact) mass is 202 g/mol. The Morgan fingerprint density at radius 1 is 1.20 bits per heavy atom. The highest BCUT2D eigenvalue weighted by Gasteiger charge is 2.09. The van der Waals surface area contributed by atoms with Gasteiger partial charge in [-0.25, -0.2) is 0 Å². The molecule has 0 aliphatic carbocycles. The van der Waals surface area contributed by atoms with Gasteiger partial charge in [0.25, 0.3) is 0 Å². The summed E-state index contributed by atoms with van der Waals surface area (Å²) in [7, 11) is 0. The molecule has 0 saturated heterocycles. The molecule has 1 aromatic carbocycles. The lowest BCUT2D eigenvalue weighted by Crippen LogP contribution is -1.84. The predicted molar refractivity (Wildman–Crippen MR) is 59.4 cm³/mol. The number of benzene rings is 1. The highest BCUT2D eigenvalue weighted by Crippen LogP contribution is 2.25. The third kappa shape index (κ3) is 1.95. The maximum absolute atomic E-state index is 9.15. The van der Waals surface area contributed by atoms with Gasteiger partial charge < -0.3 is 9.52 Å². The summed E-state index contributed by atoms with van der Waals surface area (Å²) in [5.41, 5.74) is 1.93. The summed E-state index contributed by atoms with van der Waals surface area (Å²) >= 11 is 0. The van der Waals surface area contributed by atoms with E-state index in [2.05, 4.69) is 0 Å². The van der Waals surface area contributed by atoms with Crippen LogP contribution in [0.25, 0.3) is 11.3 Å². The summed E-state index contributed by atoms with van der Waals surface area (Å²) in [4.78, 5) is 0. The third-order valence-electron chi connectivity index (χ3n) is 2.45. The van der Waals surface area contributed by atoms with Gasteiger partial charge in [0.1, 0.15) is 11.5 Å². The minimum atomic E-state index is 0.0412. The molecular formula is C13H14O2. The molecule has 1 heterocycles. The van der Waals surface area contributed by atoms with Crippen LogP contribution in [0.2, 0.25) is 0 Å². The maximum Gasteiger partial charge on any atom is 0.134 e. The topological polar surface area (TPSA) is 33.4 Å². The summed E-state index contributed by atoms with van der Waals surface area (Å²) < 4.78 is 5.68. The molecule has 1 N–H and O–H groups in total. The van der Waals surface area contributed by atoms with E-state index in [1.165, 1.54) is 0 Å². The van der Waals surface area contributed by atoms with E-state index in [0.29, 0.717) is 0 Å². The second kappa shape index (κ2) is 4.32. The quantitative estimate of drug-likeness (QED) is 0.830. The Labute approximate surface area is 89.2 Å². The predicted octanol–water partition coefficient (Wildman–Crippen LogP) is 3.00. The summed E-state index contributed by atoms with van der Waals surface area (Å²) in [5, 5.41) is 9.15.